The quantitative estimate of drug-likeness (QED) is 0.773. The van der Waals surface area contributed by atoms with Gasteiger partial charge < -0.3 is 10.0 Å². The number of aromatic hydroxyl groups is 1. The van der Waals surface area contributed by atoms with Gasteiger partial charge >= 0.3 is 0 Å². The van der Waals surface area contributed by atoms with Crippen molar-refractivity contribution < 1.29 is 9.50 Å². The van der Waals surface area contributed by atoms with Crippen LogP contribution in [0.2, 0.25) is 0 Å². The van der Waals surface area contributed by atoms with Crippen molar-refractivity contribution in [2.24, 2.45) is 0 Å². The van der Waals surface area contributed by atoms with Gasteiger partial charge in [0, 0.05) is 26.2 Å². The highest BCUT2D eigenvalue weighted by atomic mass is 32.1. The summed E-state index contributed by atoms with van der Waals surface area (Å²) in [5.41, 5.74) is 0.838. The van der Waals surface area contributed by atoms with E-state index in [-0.39, 0.29) is 17.7 Å². The number of fused-ring (bicyclic) bond motifs is 1. The van der Waals surface area contributed by atoms with Crippen LogP contribution in [0.5, 0.6) is 5.88 Å². The lowest BCUT2D eigenvalue weighted by Crippen LogP contribution is -2.47. The predicted octanol–water partition coefficient (Wildman–Crippen LogP) is 2.36. The molecular weight excluding hydrogens is 341 g/mol. The van der Waals surface area contributed by atoms with Gasteiger partial charge in [-0.2, -0.15) is 9.61 Å². The maximum atomic E-state index is 13.9. The molecule has 2 aromatic heterocycles. The second kappa shape index (κ2) is 6.70. The highest BCUT2D eigenvalue weighted by Gasteiger charge is 2.31. The molecule has 1 aliphatic heterocycles. The maximum absolute atomic E-state index is 13.9. The Morgan fingerprint density at radius 2 is 2.08 bits per heavy atom. The summed E-state index contributed by atoms with van der Waals surface area (Å²) in [5.74, 6) is -0.182. The minimum absolute atomic E-state index is 0.0877. The summed E-state index contributed by atoms with van der Waals surface area (Å²) in [5, 5.41) is 14.7. The number of aromatic nitrogens is 3. The Bertz CT molecular complexity index is 871. The van der Waals surface area contributed by atoms with E-state index in [2.05, 4.69) is 26.8 Å². The molecule has 0 amide bonds. The smallest absolute Gasteiger partial charge is 0.230 e. The van der Waals surface area contributed by atoms with Crippen molar-refractivity contribution >= 4 is 16.3 Å². The lowest BCUT2D eigenvalue weighted by Gasteiger charge is -2.38. The second-order valence-corrected chi connectivity index (χ2v) is 7.18. The Kier molecular flexibility index (Phi) is 4.41. The van der Waals surface area contributed by atoms with E-state index >= 15 is 0 Å². The van der Waals surface area contributed by atoms with E-state index in [1.54, 1.807) is 12.1 Å². The minimum atomic E-state index is -0.270. The van der Waals surface area contributed by atoms with Gasteiger partial charge in [-0.3, -0.25) is 4.90 Å². The van der Waals surface area contributed by atoms with Gasteiger partial charge in [0.05, 0.1) is 10.9 Å². The molecule has 0 spiro atoms. The summed E-state index contributed by atoms with van der Waals surface area (Å²) in [6.45, 7) is 6.84. The summed E-state index contributed by atoms with van der Waals surface area (Å²) in [6.07, 6.45) is 1.42. The third-order valence-electron chi connectivity index (χ3n) is 4.77. The maximum Gasteiger partial charge on any atom is 0.230 e. The molecule has 0 bridgehead atoms. The summed E-state index contributed by atoms with van der Waals surface area (Å²) < 4.78 is 15.3. The van der Waals surface area contributed by atoms with Crippen molar-refractivity contribution in [3.63, 3.8) is 0 Å². The molecule has 1 aliphatic rings. The molecule has 132 valence electrons. The van der Waals surface area contributed by atoms with E-state index in [9.17, 15) is 9.50 Å². The average molecular weight is 361 g/mol. The van der Waals surface area contributed by atoms with Gasteiger partial charge in [-0.05, 0) is 24.2 Å². The molecular formula is C17H20FN5OS. The molecule has 1 fully saturated rings. The Balaban J connectivity index is 1.76. The highest BCUT2D eigenvalue weighted by Crippen LogP contribution is 2.40. The van der Waals surface area contributed by atoms with Crippen LogP contribution in [0.4, 0.5) is 4.39 Å². The van der Waals surface area contributed by atoms with Crippen molar-refractivity contribution in [1.29, 1.82) is 0 Å². The van der Waals surface area contributed by atoms with Crippen LogP contribution in [0.3, 0.4) is 0 Å². The van der Waals surface area contributed by atoms with Gasteiger partial charge in [-0.15, -0.1) is 0 Å². The van der Waals surface area contributed by atoms with Crippen molar-refractivity contribution in [2.75, 3.05) is 32.7 Å². The normalized spacial score (nSPS) is 18.0. The zero-order valence-corrected chi connectivity index (χ0v) is 14.8. The number of piperazine rings is 1. The molecule has 1 N–H and O–H groups in total. The van der Waals surface area contributed by atoms with Gasteiger partial charge in [-0.1, -0.05) is 30.4 Å². The van der Waals surface area contributed by atoms with Crippen LogP contribution >= 0.6 is 11.3 Å². The fourth-order valence-corrected chi connectivity index (χ4v) is 4.51. The molecule has 25 heavy (non-hydrogen) atoms. The van der Waals surface area contributed by atoms with Crippen LogP contribution in [0.1, 0.15) is 23.4 Å². The van der Waals surface area contributed by atoms with Crippen LogP contribution in [0.15, 0.2) is 30.6 Å². The molecule has 8 heteroatoms. The Labute approximate surface area is 149 Å². The molecule has 1 atom stereocenters. The molecule has 3 heterocycles. The molecule has 4 rings (SSSR count). The first-order valence-electron chi connectivity index (χ1n) is 8.40. The van der Waals surface area contributed by atoms with E-state index in [1.165, 1.54) is 28.2 Å². The van der Waals surface area contributed by atoms with Crippen LogP contribution in [0.25, 0.3) is 4.96 Å². The molecule has 0 radical (unpaired) electrons. The van der Waals surface area contributed by atoms with Crippen LogP contribution < -0.4 is 0 Å². The number of halogens is 1. The molecule has 1 saturated heterocycles. The van der Waals surface area contributed by atoms with Crippen LogP contribution in [0, 0.1) is 5.82 Å². The number of hydrogen-bond acceptors (Lipinski definition) is 6. The summed E-state index contributed by atoms with van der Waals surface area (Å²) >= 11 is 1.40. The van der Waals surface area contributed by atoms with Gasteiger partial charge in [0.15, 0.2) is 0 Å². The van der Waals surface area contributed by atoms with Crippen molar-refractivity contribution in [1.82, 2.24) is 24.4 Å². The molecule has 0 aliphatic carbocycles. The van der Waals surface area contributed by atoms with E-state index < -0.39 is 0 Å². The fraction of sp³-hybridized carbons (Fsp3) is 0.412. The van der Waals surface area contributed by atoms with Gasteiger partial charge in [0.1, 0.15) is 12.1 Å². The number of benzene rings is 1. The van der Waals surface area contributed by atoms with Crippen molar-refractivity contribution in [3.8, 4) is 5.88 Å². The number of rotatable bonds is 4. The summed E-state index contributed by atoms with van der Waals surface area (Å²) in [4.78, 5) is 10.3. The average Bonchev–Trinajstić information content (AvgIpc) is 3.20. The van der Waals surface area contributed by atoms with Gasteiger partial charge in [0.2, 0.25) is 10.8 Å². The zero-order chi connectivity index (χ0) is 17.4. The van der Waals surface area contributed by atoms with E-state index in [1.807, 2.05) is 6.07 Å². The first-order chi connectivity index (χ1) is 12.2. The molecule has 1 aromatic carbocycles. The predicted molar refractivity (Wildman–Crippen MR) is 94.5 cm³/mol. The lowest BCUT2D eigenvalue weighted by molar-refractivity contribution is 0.113. The standard InChI is InChI=1S/C17H20FN5OS/c1-2-21-6-8-22(9-7-21)14(12-4-3-5-13(18)10-12)15-16(24)23-17(25-15)19-11-20-23/h3-5,10-11,14,24H,2,6-9H2,1H3. The third-order valence-corrected chi connectivity index (χ3v) is 5.86. The largest absolute Gasteiger partial charge is 0.492 e. The lowest BCUT2D eigenvalue weighted by atomic mass is 10.0. The third kappa shape index (κ3) is 3.01. The molecule has 1 unspecified atom stereocenters. The number of hydrogen-bond donors (Lipinski definition) is 1. The van der Waals surface area contributed by atoms with Crippen LogP contribution in [-0.4, -0.2) is 62.2 Å². The molecule has 0 saturated carbocycles. The summed E-state index contributed by atoms with van der Waals surface area (Å²) in [7, 11) is 0. The Morgan fingerprint density at radius 1 is 1.28 bits per heavy atom. The fourth-order valence-electron chi connectivity index (χ4n) is 3.41. The van der Waals surface area contributed by atoms with E-state index in [4.69, 9.17) is 0 Å². The topological polar surface area (TPSA) is 56.9 Å². The first-order valence-corrected chi connectivity index (χ1v) is 9.22. The molecule has 6 nitrogen and oxygen atoms in total. The minimum Gasteiger partial charge on any atom is -0.492 e. The second-order valence-electron chi connectivity index (χ2n) is 6.17. The van der Waals surface area contributed by atoms with E-state index in [0.717, 1.165) is 43.2 Å². The van der Waals surface area contributed by atoms with Gasteiger partial charge in [-0.25, -0.2) is 9.37 Å². The zero-order valence-electron chi connectivity index (χ0n) is 14.0. The Morgan fingerprint density at radius 3 is 2.76 bits per heavy atom. The Hall–Kier alpha value is -2.03. The van der Waals surface area contributed by atoms with Crippen molar-refractivity contribution in [2.45, 2.75) is 13.0 Å². The highest BCUT2D eigenvalue weighted by molar-refractivity contribution is 7.17. The van der Waals surface area contributed by atoms with E-state index in [0.29, 0.717) is 4.96 Å². The van der Waals surface area contributed by atoms with Crippen LogP contribution in [-0.2, 0) is 0 Å². The monoisotopic (exact) mass is 361 g/mol. The first kappa shape index (κ1) is 16.4. The van der Waals surface area contributed by atoms with Gasteiger partial charge in [0.25, 0.3) is 0 Å². The summed E-state index contributed by atoms with van der Waals surface area (Å²) in [6, 6.07) is 6.41. The SMILES string of the molecule is CCN1CCN(C(c2cccc(F)c2)c2sc3ncnn3c2O)CC1. The number of nitrogens with zero attached hydrogens (tertiary/aromatic N) is 5. The van der Waals surface area contributed by atoms with Crippen molar-refractivity contribution in [3.05, 3.63) is 46.9 Å². The molecule has 3 aromatic rings. The number of likely N-dealkylation sites (N-methyl/N-ethyl adjacent to an activating group) is 1. The number of thiazole rings is 1.